The highest BCUT2D eigenvalue weighted by Gasteiger charge is 2.68. The predicted molar refractivity (Wildman–Crippen MR) is 96.5 cm³/mol. The summed E-state index contributed by atoms with van der Waals surface area (Å²) in [6.07, 6.45) is -2.12. The van der Waals surface area contributed by atoms with Gasteiger partial charge in [0.15, 0.2) is 12.1 Å². The molecule has 0 saturated carbocycles. The van der Waals surface area contributed by atoms with Crippen LogP contribution in [0.25, 0.3) is 0 Å². The SMILES string of the molecule is CC1=C(N)[C@@]2(NS1(=O)=O)[C@@H](COCc1ccccc1)O[C@@H]1OC(C)(C)O[C@@H]12. The van der Waals surface area contributed by atoms with Crippen LogP contribution in [-0.2, 0) is 35.6 Å². The minimum absolute atomic E-state index is 0.0770. The molecular weight excluding hydrogens is 372 g/mol. The highest BCUT2D eigenvalue weighted by molar-refractivity contribution is 7.93. The molecule has 3 aliphatic heterocycles. The molecule has 0 aromatic heterocycles. The van der Waals surface area contributed by atoms with E-state index in [2.05, 4.69) is 4.72 Å². The summed E-state index contributed by atoms with van der Waals surface area (Å²) < 4.78 is 51.2. The smallest absolute Gasteiger partial charge is 0.239 e. The lowest BCUT2D eigenvalue weighted by Crippen LogP contribution is -2.61. The Kier molecular flexibility index (Phi) is 4.37. The van der Waals surface area contributed by atoms with Crippen molar-refractivity contribution in [3.63, 3.8) is 0 Å². The maximum atomic E-state index is 12.5. The third-order valence-corrected chi connectivity index (χ3v) is 6.86. The van der Waals surface area contributed by atoms with Gasteiger partial charge in [0.1, 0.15) is 17.7 Å². The zero-order valence-corrected chi connectivity index (χ0v) is 16.3. The van der Waals surface area contributed by atoms with Gasteiger partial charge in [0.25, 0.3) is 0 Å². The molecule has 148 valence electrons. The second kappa shape index (κ2) is 6.26. The molecule has 4 rings (SSSR count). The second-order valence-electron chi connectivity index (χ2n) is 7.49. The molecule has 1 aromatic rings. The number of fused-ring (bicyclic) bond motifs is 2. The molecule has 27 heavy (non-hydrogen) atoms. The third kappa shape index (κ3) is 2.98. The Bertz CT molecular complexity index is 869. The van der Waals surface area contributed by atoms with Gasteiger partial charge in [-0.1, -0.05) is 30.3 Å². The van der Waals surface area contributed by atoms with E-state index in [0.29, 0.717) is 6.61 Å². The molecular formula is C18H24N2O6S. The van der Waals surface area contributed by atoms with Gasteiger partial charge in [-0.2, -0.15) is 4.72 Å². The van der Waals surface area contributed by atoms with Crippen LogP contribution in [0.3, 0.4) is 0 Å². The summed E-state index contributed by atoms with van der Waals surface area (Å²) in [5, 5.41) is 0. The van der Waals surface area contributed by atoms with Crippen LogP contribution in [0.15, 0.2) is 40.9 Å². The number of nitrogens with two attached hydrogens (primary N) is 1. The van der Waals surface area contributed by atoms with Gasteiger partial charge in [0.05, 0.1) is 23.8 Å². The molecule has 2 fully saturated rings. The van der Waals surface area contributed by atoms with Crippen molar-refractivity contribution in [3.8, 4) is 0 Å². The number of benzene rings is 1. The number of ether oxygens (including phenoxy) is 4. The van der Waals surface area contributed by atoms with Gasteiger partial charge in [-0.15, -0.1) is 0 Å². The van der Waals surface area contributed by atoms with Crippen molar-refractivity contribution in [3.05, 3.63) is 46.5 Å². The number of sulfonamides is 1. The maximum absolute atomic E-state index is 12.5. The van der Waals surface area contributed by atoms with Crippen molar-refractivity contribution >= 4 is 10.0 Å². The normalized spacial score (nSPS) is 36.5. The van der Waals surface area contributed by atoms with E-state index in [1.807, 2.05) is 30.3 Å². The number of hydrogen-bond donors (Lipinski definition) is 2. The van der Waals surface area contributed by atoms with Crippen molar-refractivity contribution in [2.75, 3.05) is 6.61 Å². The summed E-state index contributed by atoms with van der Waals surface area (Å²) in [5.41, 5.74) is 6.22. The Morgan fingerprint density at radius 1 is 1.22 bits per heavy atom. The second-order valence-corrected chi connectivity index (χ2v) is 9.32. The van der Waals surface area contributed by atoms with E-state index in [1.54, 1.807) is 13.8 Å². The van der Waals surface area contributed by atoms with Gasteiger partial charge in [-0.25, -0.2) is 8.42 Å². The first-order chi connectivity index (χ1) is 12.7. The third-order valence-electron chi connectivity index (χ3n) is 5.23. The van der Waals surface area contributed by atoms with Crippen LogP contribution in [0.1, 0.15) is 26.3 Å². The van der Waals surface area contributed by atoms with E-state index in [0.717, 1.165) is 5.56 Å². The molecule has 1 aromatic carbocycles. The largest absolute Gasteiger partial charge is 0.400 e. The Morgan fingerprint density at radius 3 is 2.56 bits per heavy atom. The molecule has 3 aliphatic rings. The zero-order chi connectivity index (χ0) is 19.4. The van der Waals surface area contributed by atoms with Gasteiger partial charge >= 0.3 is 0 Å². The maximum Gasteiger partial charge on any atom is 0.239 e. The summed E-state index contributed by atoms with van der Waals surface area (Å²) >= 11 is 0. The minimum atomic E-state index is -3.72. The molecule has 0 radical (unpaired) electrons. The van der Waals surface area contributed by atoms with Crippen LogP contribution in [0, 0.1) is 0 Å². The lowest BCUT2D eigenvalue weighted by Gasteiger charge is -2.35. The molecule has 3 N–H and O–H groups in total. The van der Waals surface area contributed by atoms with E-state index < -0.39 is 39.8 Å². The Balaban J connectivity index is 1.60. The van der Waals surface area contributed by atoms with Gasteiger partial charge < -0.3 is 24.7 Å². The summed E-state index contributed by atoms with van der Waals surface area (Å²) in [7, 11) is -3.72. The minimum Gasteiger partial charge on any atom is -0.400 e. The van der Waals surface area contributed by atoms with Crippen LogP contribution in [0.5, 0.6) is 0 Å². The van der Waals surface area contributed by atoms with Gasteiger partial charge in [0, 0.05) is 0 Å². The van der Waals surface area contributed by atoms with Crippen LogP contribution in [-0.4, -0.2) is 44.8 Å². The molecule has 4 atom stereocenters. The highest BCUT2D eigenvalue weighted by Crippen LogP contribution is 2.49. The molecule has 2 saturated heterocycles. The van der Waals surface area contributed by atoms with Crippen LogP contribution in [0.4, 0.5) is 0 Å². The van der Waals surface area contributed by atoms with E-state index in [1.165, 1.54) is 6.92 Å². The predicted octanol–water partition coefficient (Wildman–Crippen LogP) is 0.942. The first-order valence-electron chi connectivity index (χ1n) is 8.79. The Morgan fingerprint density at radius 2 is 1.93 bits per heavy atom. The first-order valence-corrected chi connectivity index (χ1v) is 10.3. The van der Waals surface area contributed by atoms with E-state index in [-0.39, 0.29) is 17.2 Å². The molecule has 0 amide bonds. The quantitative estimate of drug-likeness (QED) is 0.780. The van der Waals surface area contributed by atoms with Gasteiger partial charge in [0.2, 0.25) is 10.0 Å². The fraction of sp³-hybridized carbons (Fsp3) is 0.556. The Hall–Kier alpha value is -1.49. The standard InChI is InChI=1S/C18H24N2O6S/c1-11-14(19)18(20-27(11,21)22)13(10-23-9-12-7-5-4-6-8-12)24-16-15(18)25-17(2,3)26-16/h4-8,13,15-16,20H,9-10,19H2,1-3H3/t13-,15+,16-,18+/m1/s1. The Labute approximate surface area is 158 Å². The summed E-state index contributed by atoms with van der Waals surface area (Å²) in [6.45, 7) is 5.47. The van der Waals surface area contributed by atoms with Crippen molar-refractivity contribution in [2.24, 2.45) is 5.73 Å². The first kappa shape index (κ1) is 18.9. The molecule has 8 nitrogen and oxygen atoms in total. The summed E-state index contributed by atoms with van der Waals surface area (Å²) in [5.74, 6) is -0.902. The molecule has 0 aliphatic carbocycles. The average Bonchev–Trinajstić information content (AvgIpc) is 3.11. The van der Waals surface area contributed by atoms with E-state index in [4.69, 9.17) is 24.7 Å². The zero-order valence-electron chi connectivity index (χ0n) is 15.5. The summed E-state index contributed by atoms with van der Waals surface area (Å²) in [6, 6.07) is 9.68. The van der Waals surface area contributed by atoms with E-state index >= 15 is 0 Å². The van der Waals surface area contributed by atoms with Gasteiger partial charge in [-0.3, -0.25) is 0 Å². The van der Waals surface area contributed by atoms with E-state index in [9.17, 15) is 8.42 Å². The van der Waals surface area contributed by atoms with Crippen molar-refractivity contribution in [2.45, 2.75) is 57.2 Å². The topological polar surface area (TPSA) is 109 Å². The fourth-order valence-corrected chi connectivity index (χ4v) is 5.27. The lowest BCUT2D eigenvalue weighted by atomic mass is 9.86. The monoisotopic (exact) mass is 396 g/mol. The molecule has 3 heterocycles. The van der Waals surface area contributed by atoms with Crippen LogP contribution in [0.2, 0.25) is 0 Å². The number of nitrogens with one attached hydrogen (secondary N) is 1. The highest BCUT2D eigenvalue weighted by atomic mass is 32.2. The molecule has 9 heteroatoms. The average molecular weight is 396 g/mol. The van der Waals surface area contributed by atoms with Crippen molar-refractivity contribution in [1.29, 1.82) is 0 Å². The summed E-state index contributed by atoms with van der Waals surface area (Å²) in [4.78, 5) is 0.0770. The van der Waals surface area contributed by atoms with Crippen molar-refractivity contribution < 1.29 is 27.4 Å². The van der Waals surface area contributed by atoms with Crippen LogP contribution < -0.4 is 10.5 Å². The molecule has 0 unspecified atom stereocenters. The fourth-order valence-electron chi connectivity index (χ4n) is 3.86. The number of allylic oxidation sites excluding steroid dienone is 1. The van der Waals surface area contributed by atoms with Crippen LogP contribution >= 0.6 is 0 Å². The number of rotatable bonds is 4. The number of hydrogen-bond acceptors (Lipinski definition) is 7. The molecule has 0 bridgehead atoms. The lowest BCUT2D eigenvalue weighted by molar-refractivity contribution is -0.216. The van der Waals surface area contributed by atoms with Crippen molar-refractivity contribution in [1.82, 2.24) is 4.72 Å². The molecule has 1 spiro atoms. The van der Waals surface area contributed by atoms with Gasteiger partial charge in [-0.05, 0) is 26.3 Å².